The van der Waals surface area contributed by atoms with Gasteiger partial charge in [0.05, 0.1) is 0 Å². The molecular weight excluding hydrogens is 310 g/mol. The SMILES string of the molecule is CC1(C)C[C@]1(CNC(=O)N1CC(c2ccncc2)C1)c1ccccc1. The largest absolute Gasteiger partial charge is 0.337 e. The molecule has 1 saturated heterocycles. The average molecular weight is 335 g/mol. The lowest BCUT2D eigenvalue weighted by atomic mass is 9.88. The maximum Gasteiger partial charge on any atom is 0.317 e. The van der Waals surface area contributed by atoms with Gasteiger partial charge in [0.25, 0.3) is 0 Å². The molecule has 2 aromatic rings. The molecule has 1 atom stereocenters. The second-order valence-electron chi connectivity index (χ2n) is 8.05. The number of carbonyl (C=O) groups is 1. The fraction of sp³-hybridized carbons (Fsp3) is 0.429. The highest BCUT2D eigenvalue weighted by molar-refractivity contribution is 5.75. The zero-order valence-corrected chi connectivity index (χ0v) is 14.9. The van der Waals surface area contributed by atoms with Crippen LogP contribution in [0.25, 0.3) is 0 Å². The summed E-state index contributed by atoms with van der Waals surface area (Å²) in [6.45, 7) is 6.86. The Labute approximate surface area is 149 Å². The predicted molar refractivity (Wildman–Crippen MR) is 98.5 cm³/mol. The molecule has 2 aliphatic rings. The number of amides is 2. The normalized spacial score (nSPS) is 24.5. The summed E-state index contributed by atoms with van der Waals surface area (Å²) < 4.78 is 0. The molecule has 0 bridgehead atoms. The van der Waals surface area contributed by atoms with E-state index in [1.165, 1.54) is 11.1 Å². The third-order valence-electron chi connectivity index (χ3n) is 6.13. The van der Waals surface area contributed by atoms with Crippen LogP contribution in [0.3, 0.4) is 0 Å². The van der Waals surface area contributed by atoms with Crippen LogP contribution < -0.4 is 5.32 Å². The maximum absolute atomic E-state index is 12.5. The van der Waals surface area contributed by atoms with Gasteiger partial charge in [-0.15, -0.1) is 0 Å². The monoisotopic (exact) mass is 335 g/mol. The van der Waals surface area contributed by atoms with Crippen LogP contribution in [0.5, 0.6) is 0 Å². The Hall–Kier alpha value is -2.36. The van der Waals surface area contributed by atoms with Gasteiger partial charge in [-0.2, -0.15) is 0 Å². The highest BCUT2D eigenvalue weighted by Gasteiger charge is 2.61. The molecule has 0 spiro atoms. The third kappa shape index (κ3) is 2.80. The summed E-state index contributed by atoms with van der Waals surface area (Å²) in [5.74, 6) is 0.439. The Morgan fingerprint density at radius 1 is 1.16 bits per heavy atom. The number of benzene rings is 1. The number of nitrogens with one attached hydrogen (secondary N) is 1. The predicted octanol–water partition coefficient (Wildman–Crippen LogP) is 3.56. The highest BCUT2D eigenvalue weighted by atomic mass is 16.2. The van der Waals surface area contributed by atoms with E-state index in [9.17, 15) is 4.79 Å². The van der Waals surface area contributed by atoms with Crippen LogP contribution >= 0.6 is 0 Å². The van der Waals surface area contributed by atoms with Crippen LogP contribution in [0.1, 0.15) is 37.3 Å². The molecule has 2 fully saturated rings. The Kier molecular flexibility index (Phi) is 3.78. The Balaban J connectivity index is 1.35. The van der Waals surface area contributed by atoms with Crippen molar-refractivity contribution in [3.8, 4) is 0 Å². The Morgan fingerprint density at radius 2 is 1.80 bits per heavy atom. The van der Waals surface area contributed by atoms with Gasteiger partial charge in [0.15, 0.2) is 0 Å². The summed E-state index contributed by atoms with van der Waals surface area (Å²) in [7, 11) is 0. The molecular formula is C21H25N3O. The Morgan fingerprint density at radius 3 is 2.40 bits per heavy atom. The molecule has 0 radical (unpaired) electrons. The number of hydrogen-bond donors (Lipinski definition) is 1. The summed E-state index contributed by atoms with van der Waals surface area (Å²) >= 11 is 0. The van der Waals surface area contributed by atoms with Gasteiger partial charge >= 0.3 is 6.03 Å². The van der Waals surface area contributed by atoms with E-state index in [-0.39, 0.29) is 16.9 Å². The lowest BCUT2D eigenvalue weighted by molar-refractivity contribution is 0.150. The zero-order valence-electron chi connectivity index (χ0n) is 14.9. The van der Waals surface area contributed by atoms with Gasteiger partial charge in [-0.25, -0.2) is 4.79 Å². The van der Waals surface area contributed by atoms with Gasteiger partial charge in [0, 0.05) is 43.4 Å². The number of nitrogens with zero attached hydrogens (tertiary/aromatic N) is 2. The molecule has 1 N–H and O–H groups in total. The molecule has 1 aromatic carbocycles. The Bertz CT molecular complexity index is 753. The first-order valence-corrected chi connectivity index (χ1v) is 9.00. The minimum atomic E-state index is 0.0586. The van der Waals surface area contributed by atoms with E-state index in [2.05, 4.69) is 48.4 Å². The van der Waals surface area contributed by atoms with Gasteiger partial charge in [-0.3, -0.25) is 4.98 Å². The molecule has 25 heavy (non-hydrogen) atoms. The zero-order chi connectivity index (χ0) is 17.5. The molecule has 1 saturated carbocycles. The number of aromatic nitrogens is 1. The van der Waals surface area contributed by atoms with Crippen molar-refractivity contribution in [1.82, 2.24) is 15.2 Å². The van der Waals surface area contributed by atoms with Crippen LogP contribution in [-0.2, 0) is 5.41 Å². The molecule has 1 aliphatic heterocycles. The van der Waals surface area contributed by atoms with E-state index < -0.39 is 0 Å². The van der Waals surface area contributed by atoms with Crippen molar-refractivity contribution < 1.29 is 4.79 Å². The van der Waals surface area contributed by atoms with E-state index in [1.54, 1.807) is 0 Å². The van der Waals surface area contributed by atoms with Gasteiger partial charge in [-0.1, -0.05) is 44.2 Å². The lowest BCUT2D eigenvalue weighted by Gasteiger charge is -2.39. The maximum atomic E-state index is 12.5. The standard InChI is InChI=1S/C21H25N3O/c1-20(2)14-21(20,18-6-4-3-5-7-18)15-23-19(25)24-12-17(13-24)16-8-10-22-11-9-16/h3-11,17H,12-15H2,1-2H3,(H,23,25)/t21-/m0/s1. The van der Waals surface area contributed by atoms with Crippen molar-refractivity contribution in [1.29, 1.82) is 0 Å². The van der Waals surface area contributed by atoms with E-state index >= 15 is 0 Å². The molecule has 1 aliphatic carbocycles. The van der Waals surface area contributed by atoms with Crippen molar-refractivity contribution >= 4 is 6.03 Å². The molecule has 4 heteroatoms. The van der Waals surface area contributed by atoms with Crippen molar-refractivity contribution in [3.63, 3.8) is 0 Å². The summed E-state index contributed by atoms with van der Waals surface area (Å²) in [4.78, 5) is 18.5. The number of hydrogen-bond acceptors (Lipinski definition) is 2. The molecule has 0 unspecified atom stereocenters. The molecule has 130 valence electrons. The van der Waals surface area contributed by atoms with Crippen LogP contribution in [0.4, 0.5) is 4.79 Å². The minimum Gasteiger partial charge on any atom is -0.337 e. The summed E-state index contributed by atoms with van der Waals surface area (Å²) in [6.07, 6.45) is 4.75. The molecule has 4 nitrogen and oxygen atoms in total. The minimum absolute atomic E-state index is 0.0586. The van der Waals surface area contributed by atoms with Gasteiger partial charge in [0.1, 0.15) is 0 Å². The first-order chi connectivity index (χ1) is 12.0. The lowest BCUT2D eigenvalue weighted by Crippen LogP contribution is -2.53. The van der Waals surface area contributed by atoms with E-state index in [4.69, 9.17) is 0 Å². The van der Waals surface area contributed by atoms with Crippen LogP contribution in [0.2, 0.25) is 0 Å². The van der Waals surface area contributed by atoms with Crippen LogP contribution in [0.15, 0.2) is 54.9 Å². The second kappa shape index (κ2) is 5.87. The van der Waals surface area contributed by atoms with E-state index in [0.717, 1.165) is 19.5 Å². The number of rotatable bonds is 4. The van der Waals surface area contributed by atoms with Crippen molar-refractivity contribution in [2.75, 3.05) is 19.6 Å². The third-order valence-corrected chi connectivity index (χ3v) is 6.13. The first kappa shape index (κ1) is 16.1. The quantitative estimate of drug-likeness (QED) is 0.928. The van der Waals surface area contributed by atoms with Crippen LogP contribution in [0, 0.1) is 5.41 Å². The summed E-state index contributed by atoms with van der Waals surface area (Å²) in [5, 5.41) is 3.19. The highest BCUT2D eigenvalue weighted by Crippen LogP contribution is 2.63. The molecule has 4 rings (SSSR count). The van der Waals surface area contributed by atoms with Crippen LogP contribution in [-0.4, -0.2) is 35.5 Å². The van der Waals surface area contributed by atoms with Gasteiger partial charge in [-0.05, 0) is 35.1 Å². The van der Waals surface area contributed by atoms with E-state index in [1.807, 2.05) is 35.5 Å². The molecule has 1 aromatic heterocycles. The van der Waals surface area contributed by atoms with Crippen molar-refractivity contribution in [2.45, 2.75) is 31.6 Å². The van der Waals surface area contributed by atoms with Crippen molar-refractivity contribution in [2.24, 2.45) is 5.41 Å². The van der Waals surface area contributed by atoms with Gasteiger partial charge in [0.2, 0.25) is 0 Å². The average Bonchev–Trinajstić information content (AvgIpc) is 3.16. The van der Waals surface area contributed by atoms with Gasteiger partial charge < -0.3 is 10.2 Å². The fourth-order valence-electron chi connectivity index (χ4n) is 4.19. The topological polar surface area (TPSA) is 45.2 Å². The fourth-order valence-corrected chi connectivity index (χ4v) is 4.19. The molecule has 2 amide bonds. The number of pyridine rings is 1. The number of urea groups is 1. The number of carbonyl (C=O) groups excluding carboxylic acids is 1. The number of likely N-dealkylation sites (tertiary alicyclic amines) is 1. The second-order valence-corrected chi connectivity index (χ2v) is 8.05. The van der Waals surface area contributed by atoms with E-state index in [0.29, 0.717) is 12.5 Å². The smallest absolute Gasteiger partial charge is 0.317 e. The molecule has 2 heterocycles. The summed E-state index contributed by atoms with van der Waals surface area (Å²) in [5.41, 5.74) is 2.90. The first-order valence-electron chi connectivity index (χ1n) is 9.00. The van der Waals surface area contributed by atoms with Crippen molar-refractivity contribution in [3.05, 3.63) is 66.0 Å². The summed E-state index contributed by atoms with van der Waals surface area (Å²) in [6, 6.07) is 14.7.